The number of ether oxygens (including phenoxy) is 1. The van der Waals surface area contributed by atoms with Crippen molar-refractivity contribution >= 4 is 0 Å². The number of aryl methyl sites for hydroxylation is 1. The SMILES string of the molecule is C=CCOCC=C.CCc1ccc(C(O)c2cccnc2)cc1. The number of hydrogen-bond donors (Lipinski definition) is 1. The molecule has 0 aliphatic carbocycles. The minimum absolute atomic E-state index is 0.584. The monoisotopic (exact) mass is 311 g/mol. The van der Waals surface area contributed by atoms with Gasteiger partial charge in [-0.1, -0.05) is 49.4 Å². The minimum Gasteiger partial charge on any atom is -0.384 e. The van der Waals surface area contributed by atoms with Gasteiger partial charge in [-0.2, -0.15) is 0 Å². The van der Waals surface area contributed by atoms with Gasteiger partial charge >= 0.3 is 0 Å². The Morgan fingerprint density at radius 2 is 1.74 bits per heavy atom. The predicted octanol–water partition coefficient (Wildman–Crippen LogP) is 4.10. The Labute approximate surface area is 139 Å². The molecule has 2 aromatic rings. The highest BCUT2D eigenvalue weighted by atomic mass is 16.5. The topological polar surface area (TPSA) is 42.4 Å². The number of rotatable bonds is 7. The summed E-state index contributed by atoms with van der Waals surface area (Å²) in [6, 6.07) is 11.8. The number of aromatic nitrogens is 1. The maximum Gasteiger partial charge on any atom is 0.106 e. The van der Waals surface area contributed by atoms with Gasteiger partial charge in [0, 0.05) is 18.0 Å². The lowest BCUT2D eigenvalue weighted by Gasteiger charge is -2.11. The molecule has 1 aromatic heterocycles. The second-order valence-electron chi connectivity index (χ2n) is 4.90. The molecule has 23 heavy (non-hydrogen) atoms. The molecule has 3 nitrogen and oxygen atoms in total. The molecule has 0 aliphatic heterocycles. The maximum atomic E-state index is 10.1. The maximum absolute atomic E-state index is 10.1. The van der Waals surface area contributed by atoms with Crippen LogP contribution in [0.4, 0.5) is 0 Å². The van der Waals surface area contributed by atoms with Crippen LogP contribution in [0, 0.1) is 0 Å². The van der Waals surface area contributed by atoms with Crippen LogP contribution in [0.1, 0.15) is 29.7 Å². The first-order valence-corrected chi connectivity index (χ1v) is 7.69. The van der Waals surface area contributed by atoms with E-state index < -0.39 is 6.10 Å². The largest absolute Gasteiger partial charge is 0.384 e. The molecule has 0 fully saturated rings. The fourth-order valence-electron chi connectivity index (χ4n) is 1.90. The number of aliphatic hydroxyl groups excluding tert-OH is 1. The number of aliphatic hydroxyl groups is 1. The standard InChI is InChI=1S/C14H15NO.C6H10O/c1-2-11-5-7-12(8-6-11)14(16)13-4-3-9-15-10-13;1-3-5-7-6-4-2/h3-10,14,16H,2H2,1H3;3-4H,1-2,5-6H2. The van der Waals surface area contributed by atoms with Gasteiger partial charge in [0.15, 0.2) is 0 Å². The van der Waals surface area contributed by atoms with Gasteiger partial charge in [-0.05, 0) is 23.6 Å². The Morgan fingerprint density at radius 3 is 2.22 bits per heavy atom. The molecule has 2 rings (SSSR count). The number of nitrogens with zero attached hydrogens (tertiary/aromatic N) is 1. The highest BCUT2D eigenvalue weighted by molar-refractivity contribution is 5.30. The molecule has 122 valence electrons. The lowest BCUT2D eigenvalue weighted by atomic mass is 10.0. The second kappa shape index (κ2) is 11.4. The molecular weight excluding hydrogens is 286 g/mol. The third-order valence-electron chi connectivity index (χ3n) is 3.18. The smallest absolute Gasteiger partial charge is 0.106 e. The summed E-state index contributed by atoms with van der Waals surface area (Å²) in [4.78, 5) is 4.00. The van der Waals surface area contributed by atoms with Gasteiger partial charge in [-0.25, -0.2) is 0 Å². The van der Waals surface area contributed by atoms with Gasteiger partial charge in [0.25, 0.3) is 0 Å². The average molecular weight is 311 g/mol. The van der Waals surface area contributed by atoms with E-state index in [2.05, 4.69) is 37.2 Å². The summed E-state index contributed by atoms with van der Waals surface area (Å²) in [6.45, 7) is 10.3. The van der Waals surface area contributed by atoms with E-state index in [4.69, 9.17) is 4.74 Å². The molecule has 0 spiro atoms. The molecule has 0 bridgehead atoms. The first-order chi connectivity index (χ1) is 11.2. The molecule has 1 aromatic carbocycles. The van der Waals surface area contributed by atoms with E-state index in [-0.39, 0.29) is 0 Å². The van der Waals surface area contributed by atoms with Crippen LogP contribution in [0.5, 0.6) is 0 Å². The van der Waals surface area contributed by atoms with Crippen LogP contribution in [-0.2, 0) is 11.2 Å². The van der Waals surface area contributed by atoms with Crippen molar-refractivity contribution in [2.24, 2.45) is 0 Å². The molecular formula is C20H25NO2. The highest BCUT2D eigenvalue weighted by Gasteiger charge is 2.09. The van der Waals surface area contributed by atoms with Gasteiger partial charge in [0.2, 0.25) is 0 Å². The molecule has 0 amide bonds. The van der Waals surface area contributed by atoms with Crippen molar-refractivity contribution in [2.75, 3.05) is 13.2 Å². The Kier molecular flexibility index (Phi) is 9.29. The number of hydrogen-bond acceptors (Lipinski definition) is 3. The summed E-state index contributed by atoms with van der Waals surface area (Å²) in [6.07, 6.45) is 7.25. The zero-order valence-corrected chi connectivity index (χ0v) is 13.7. The normalized spacial score (nSPS) is 11.0. The van der Waals surface area contributed by atoms with E-state index in [0.717, 1.165) is 17.5 Å². The zero-order chi connectivity index (χ0) is 16.9. The van der Waals surface area contributed by atoms with Crippen molar-refractivity contribution in [2.45, 2.75) is 19.4 Å². The molecule has 0 aliphatic rings. The summed E-state index contributed by atoms with van der Waals surface area (Å²) >= 11 is 0. The summed E-state index contributed by atoms with van der Waals surface area (Å²) in [5.74, 6) is 0. The van der Waals surface area contributed by atoms with E-state index in [1.807, 2.05) is 24.3 Å². The lowest BCUT2D eigenvalue weighted by Crippen LogP contribution is -1.99. The highest BCUT2D eigenvalue weighted by Crippen LogP contribution is 2.21. The fraction of sp³-hybridized carbons (Fsp3) is 0.250. The quantitative estimate of drug-likeness (QED) is 0.618. The Balaban J connectivity index is 0.000000322. The van der Waals surface area contributed by atoms with Crippen molar-refractivity contribution in [3.05, 3.63) is 90.8 Å². The van der Waals surface area contributed by atoms with Crippen LogP contribution in [0.2, 0.25) is 0 Å². The summed E-state index contributed by atoms with van der Waals surface area (Å²) in [7, 11) is 0. The minimum atomic E-state index is -0.584. The van der Waals surface area contributed by atoms with Crippen LogP contribution in [0.3, 0.4) is 0 Å². The van der Waals surface area contributed by atoms with Gasteiger partial charge in [0.1, 0.15) is 6.10 Å². The summed E-state index contributed by atoms with van der Waals surface area (Å²) < 4.78 is 4.90. The van der Waals surface area contributed by atoms with Crippen molar-refractivity contribution < 1.29 is 9.84 Å². The second-order valence-corrected chi connectivity index (χ2v) is 4.90. The van der Waals surface area contributed by atoms with E-state index in [1.54, 1.807) is 24.5 Å². The Morgan fingerprint density at radius 1 is 1.09 bits per heavy atom. The van der Waals surface area contributed by atoms with Crippen molar-refractivity contribution in [3.63, 3.8) is 0 Å². The van der Waals surface area contributed by atoms with Gasteiger partial charge in [0.05, 0.1) is 13.2 Å². The molecule has 3 heteroatoms. The molecule has 0 radical (unpaired) electrons. The molecule has 1 heterocycles. The zero-order valence-electron chi connectivity index (χ0n) is 13.7. The van der Waals surface area contributed by atoms with E-state index in [1.165, 1.54) is 5.56 Å². The van der Waals surface area contributed by atoms with Gasteiger partial charge < -0.3 is 9.84 Å². The third-order valence-corrected chi connectivity index (χ3v) is 3.18. The molecule has 1 N–H and O–H groups in total. The van der Waals surface area contributed by atoms with Gasteiger partial charge in [-0.15, -0.1) is 13.2 Å². The van der Waals surface area contributed by atoms with Crippen molar-refractivity contribution in [1.82, 2.24) is 4.98 Å². The van der Waals surface area contributed by atoms with E-state index in [0.29, 0.717) is 13.2 Å². The molecule has 1 unspecified atom stereocenters. The molecule has 1 atom stereocenters. The van der Waals surface area contributed by atoms with Crippen LogP contribution in [0.25, 0.3) is 0 Å². The van der Waals surface area contributed by atoms with Crippen molar-refractivity contribution in [3.8, 4) is 0 Å². The van der Waals surface area contributed by atoms with E-state index in [9.17, 15) is 5.11 Å². The van der Waals surface area contributed by atoms with Crippen LogP contribution in [-0.4, -0.2) is 23.3 Å². The number of benzene rings is 1. The first kappa shape index (κ1) is 18.8. The summed E-state index contributed by atoms with van der Waals surface area (Å²) in [5.41, 5.74) is 3.01. The predicted molar refractivity (Wildman–Crippen MR) is 95.3 cm³/mol. The number of pyridine rings is 1. The van der Waals surface area contributed by atoms with Crippen molar-refractivity contribution in [1.29, 1.82) is 0 Å². The van der Waals surface area contributed by atoms with Crippen LogP contribution >= 0.6 is 0 Å². The Hall–Kier alpha value is -2.23. The van der Waals surface area contributed by atoms with Crippen LogP contribution < -0.4 is 0 Å². The lowest BCUT2D eigenvalue weighted by molar-refractivity contribution is 0.194. The summed E-state index contributed by atoms with van der Waals surface area (Å²) in [5, 5.41) is 10.1. The molecule has 0 saturated carbocycles. The van der Waals surface area contributed by atoms with Gasteiger partial charge in [-0.3, -0.25) is 4.98 Å². The average Bonchev–Trinajstić information content (AvgIpc) is 2.63. The van der Waals surface area contributed by atoms with E-state index >= 15 is 0 Å². The Bertz CT molecular complexity index is 556. The fourth-order valence-corrected chi connectivity index (χ4v) is 1.90. The first-order valence-electron chi connectivity index (χ1n) is 7.69. The molecule has 0 saturated heterocycles. The third kappa shape index (κ3) is 7.04. The van der Waals surface area contributed by atoms with Crippen LogP contribution in [0.15, 0.2) is 74.1 Å².